The van der Waals surface area contributed by atoms with E-state index < -0.39 is 0 Å². The molecule has 1 fully saturated rings. The maximum absolute atomic E-state index is 12.6. The Morgan fingerprint density at radius 2 is 2.20 bits per heavy atom. The first-order chi connectivity index (χ1) is 9.74. The van der Waals surface area contributed by atoms with Crippen LogP contribution in [0.5, 0.6) is 0 Å². The van der Waals surface area contributed by atoms with E-state index in [4.69, 9.17) is 0 Å². The number of nitrogens with one attached hydrogen (secondary N) is 1. The van der Waals surface area contributed by atoms with E-state index in [-0.39, 0.29) is 11.8 Å². The van der Waals surface area contributed by atoms with Gasteiger partial charge in [0.2, 0.25) is 5.91 Å². The zero-order valence-electron chi connectivity index (χ0n) is 11.8. The molecule has 0 aromatic carbocycles. The van der Waals surface area contributed by atoms with Crippen molar-refractivity contribution in [1.82, 2.24) is 5.32 Å². The molecule has 2 aliphatic carbocycles. The predicted octanol–water partition coefficient (Wildman–Crippen LogP) is 4.24. The molecule has 1 amide bonds. The summed E-state index contributed by atoms with van der Waals surface area (Å²) >= 11 is 5.46. The van der Waals surface area contributed by atoms with E-state index in [0.717, 1.165) is 31.1 Å². The maximum Gasteiger partial charge on any atom is 0.227 e. The van der Waals surface area contributed by atoms with E-state index in [1.165, 1.54) is 36.1 Å². The van der Waals surface area contributed by atoms with Crippen LogP contribution in [0, 0.1) is 5.41 Å². The molecule has 1 N–H and O–H groups in total. The molecule has 0 aliphatic heterocycles. The van der Waals surface area contributed by atoms with Crippen molar-refractivity contribution in [3.05, 3.63) is 21.9 Å². The molecule has 1 saturated carbocycles. The van der Waals surface area contributed by atoms with Gasteiger partial charge in [-0.05, 0) is 54.5 Å². The van der Waals surface area contributed by atoms with Crippen molar-refractivity contribution in [2.75, 3.05) is 11.9 Å². The van der Waals surface area contributed by atoms with Crippen molar-refractivity contribution in [2.24, 2.45) is 5.41 Å². The number of fused-ring (bicyclic) bond motifs is 1. The molecule has 0 radical (unpaired) electrons. The third-order valence-electron chi connectivity index (χ3n) is 4.95. The number of aryl methyl sites for hydroxylation is 1. The molecule has 3 rings (SSSR count). The van der Waals surface area contributed by atoms with Crippen LogP contribution in [0.4, 0.5) is 0 Å². The Bertz CT molecular complexity index is 479. The first kappa shape index (κ1) is 14.6. The number of carbonyl (C=O) groups excluding carboxylic acids is 1. The molecule has 0 bridgehead atoms. The summed E-state index contributed by atoms with van der Waals surface area (Å²) in [6.45, 7) is 0.840. The molecule has 1 unspecified atom stereocenters. The number of halogens is 1. The third kappa shape index (κ3) is 2.82. The van der Waals surface area contributed by atoms with Gasteiger partial charge in [-0.3, -0.25) is 4.79 Å². The fourth-order valence-corrected chi connectivity index (χ4v) is 5.39. The number of hydrogen-bond donors (Lipinski definition) is 1. The first-order valence-electron chi connectivity index (χ1n) is 7.64. The molecule has 1 aromatic rings. The summed E-state index contributed by atoms with van der Waals surface area (Å²) in [7, 11) is 0. The Morgan fingerprint density at radius 3 is 2.95 bits per heavy atom. The summed E-state index contributed by atoms with van der Waals surface area (Å²) in [5.41, 5.74) is 1.60. The normalized spacial score (nSPS) is 24.4. The van der Waals surface area contributed by atoms with Crippen LogP contribution < -0.4 is 5.32 Å². The Labute approximate surface area is 133 Å². The lowest BCUT2D eigenvalue weighted by atomic mass is 9.85. The average Bonchev–Trinajstić information content (AvgIpc) is 3.13. The van der Waals surface area contributed by atoms with Gasteiger partial charge < -0.3 is 5.32 Å². The fraction of sp³-hybridized carbons (Fsp3) is 0.688. The Balaban J connectivity index is 1.63. The molecule has 20 heavy (non-hydrogen) atoms. The van der Waals surface area contributed by atoms with Gasteiger partial charge in [-0.25, -0.2) is 0 Å². The second kappa shape index (κ2) is 6.18. The summed E-state index contributed by atoms with van der Waals surface area (Å²) in [6.07, 6.45) is 8.41. The zero-order chi connectivity index (χ0) is 14.0. The lowest BCUT2D eigenvalue weighted by Crippen LogP contribution is -2.39. The highest BCUT2D eigenvalue weighted by molar-refractivity contribution is 9.09. The van der Waals surface area contributed by atoms with Crippen LogP contribution in [-0.4, -0.2) is 17.8 Å². The van der Waals surface area contributed by atoms with Crippen LogP contribution in [0.15, 0.2) is 11.4 Å². The third-order valence-corrected chi connectivity index (χ3v) is 7.14. The van der Waals surface area contributed by atoms with Gasteiger partial charge in [-0.2, -0.15) is 0 Å². The van der Waals surface area contributed by atoms with Crippen molar-refractivity contribution in [1.29, 1.82) is 0 Å². The van der Waals surface area contributed by atoms with Gasteiger partial charge in [0.25, 0.3) is 0 Å². The van der Waals surface area contributed by atoms with Crippen molar-refractivity contribution in [2.45, 2.75) is 50.9 Å². The first-order valence-corrected chi connectivity index (χ1v) is 9.64. The van der Waals surface area contributed by atoms with E-state index in [9.17, 15) is 4.79 Å². The van der Waals surface area contributed by atoms with Crippen molar-refractivity contribution >= 4 is 33.2 Å². The molecule has 110 valence electrons. The average molecular weight is 356 g/mol. The van der Waals surface area contributed by atoms with Gasteiger partial charge in [-0.1, -0.05) is 28.8 Å². The molecule has 2 aliphatic rings. The summed E-state index contributed by atoms with van der Waals surface area (Å²) in [6, 6.07) is 2.15. The topological polar surface area (TPSA) is 29.1 Å². The minimum absolute atomic E-state index is 0.0961. The van der Waals surface area contributed by atoms with Crippen molar-refractivity contribution in [3.8, 4) is 0 Å². The lowest BCUT2D eigenvalue weighted by Gasteiger charge is -2.29. The van der Waals surface area contributed by atoms with Gasteiger partial charge in [0.1, 0.15) is 0 Å². The number of amides is 1. The Kier molecular flexibility index (Phi) is 4.51. The largest absolute Gasteiger partial charge is 0.355 e. The summed E-state index contributed by atoms with van der Waals surface area (Å²) in [5.74, 6) is 0.343. The molecule has 0 spiro atoms. The van der Waals surface area contributed by atoms with Gasteiger partial charge in [0.15, 0.2) is 0 Å². The number of alkyl halides is 1. The standard InChI is InChI=1S/C16H22BrNOS/c17-10-16(7-1-2-8-16)11-18-15(19)13-4-3-5-14-12(13)6-9-20-14/h6,9,13H,1-5,7-8,10-11H2,(H,18,19). The molecule has 0 saturated heterocycles. The van der Waals surface area contributed by atoms with Crippen LogP contribution in [0.25, 0.3) is 0 Å². The highest BCUT2D eigenvalue weighted by atomic mass is 79.9. The molecule has 2 nitrogen and oxygen atoms in total. The predicted molar refractivity (Wildman–Crippen MR) is 87.7 cm³/mol. The van der Waals surface area contributed by atoms with Gasteiger partial charge >= 0.3 is 0 Å². The van der Waals surface area contributed by atoms with Crippen molar-refractivity contribution in [3.63, 3.8) is 0 Å². The molecule has 1 aromatic heterocycles. The fourth-order valence-electron chi connectivity index (χ4n) is 3.64. The van der Waals surface area contributed by atoms with E-state index >= 15 is 0 Å². The summed E-state index contributed by atoms with van der Waals surface area (Å²) < 4.78 is 0. The second-order valence-electron chi connectivity index (χ2n) is 6.30. The molecule has 1 heterocycles. The maximum atomic E-state index is 12.6. The minimum atomic E-state index is 0.0961. The SMILES string of the molecule is O=C(NCC1(CBr)CCCC1)C1CCCc2sccc21. The van der Waals surface area contributed by atoms with Crippen LogP contribution >= 0.6 is 27.3 Å². The van der Waals surface area contributed by atoms with E-state index in [2.05, 4.69) is 32.7 Å². The number of thiophene rings is 1. The monoisotopic (exact) mass is 355 g/mol. The Morgan fingerprint density at radius 1 is 1.40 bits per heavy atom. The molecule has 1 atom stereocenters. The van der Waals surface area contributed by atoms with E-state index in [1.807, 2.05) is 0 Å². The highest BCUT2D eigenvalue weighted by Gasteiger charge is 2.34. The van der Waals surface area contributed by atoms with Crippen LogP contribution in [-0.2, 0) is 11.2 Å². The van der Waals surface area contributed by atoms with Gasteiger partial charge in [0.05, 0.1) is 5.92 Å². The second-order valence-corrected chi connectivity index (χ2v) is 7.86. The highest BCUT2D eigenvalue weighted by Crippen LogP contribution is 2.39. The van der Waals surface area contributed by atoms with Crippen LogP contribution in [0.1, 0.15) is 54.9 Å². The van der Waals surface area contributed by atoms with Crippen LogP contribution in [0.3, 0.4) is 0 Å². The quantitative estimate of drug-likeness (QED) is 0.804. The number of rotatable bonds is 4. The van der Waals surface area contributed by atoms with Gasteiger partial charge in [-0.15, -0.1) is 11.3 Å². The van der Waals surface area contributed by atoms with Gasteiger partial charge in [0, 0.05) is 16.8 Å². The van der Waals surface area contributed by atoms with Crippen LogP contribution in [0.2, 0.25) is 0 Å². The van der Waals surface area contributed by atoms with E-state index in [1.54, 1.807) is 11.3 Å². The smallest absolute Gasteiger partial charge is 0.227 e. The number of hydrogen-bond acceptors (Lipinski definition) is 2. The molecular weight excluding hydrogens is 334 g/mol. The van der Waals surface area contributed by atoms with Crippen molar-refractivity contribution < 1.29 is 4.79 Å². The number of carbonyl (C=O) groups is 1. The zero-order valence-corrected chi connectivity index (χ0v) is 14.2. The lowest BCUT2D eigenvalue weighted by molar-refractivity contribution is -0.123. The summed E-state index contributed by atoms with van der Waals surface area (Å²) in [5, 5.41) is 6.39. The molecular formula is C16H22BrNOS. The Hall–Kier alpha value is -0.350. The molecule has 4 heteroatoms. The minimum Gasteiger partial charge on any atom is -0.355 e. The van der Waals surface area contributed by atoms with E-state index in [0.29, 0.717) is 5.41 Å². The summed E-state index contributed by atoms with van der Waals surface area (Å²) in [4.78, 5) is 14.0.